The summed E-state index contributed by atoms with van der Waals surface area (Å²) in [5, 5.41) is 0. The Labute approximate surface area is 105 Å². The topological polar surface area (TPSA) is 43.6 Å². The molecule has 2 heterocycles. The van der Waals surface area contributed by atoms with Gasteiger partial charge < -0.3 is 9.14 Å². The van der Waals surface area contributed by atoms with Gasteiger partial charge >= 0.3 is 5.97 Å². The van der Waals surface area contributed by atoms with E-state index in [2.05, 4.69) is 11.6 Å². The highest BCUT2D eigenvalue weighted by Gasteiger charge is 2.26. The van der Waals surface area contributed by atoms with Crippen LogP contribution in [0.2, 0.25) is 0 Å². The summed E-state index contributed by atoms with van der Waals surface area (Å²) in [4.78, 5) is 16.2. The van der Waals surface area contributed by atoms with Gasteiger partial charge in [0.05, 0.1) is 18.4 Å². The van der Waals surface area contributed by atoms with Crippen molar-refractivity contribution in [2.75, 3.05) is 7.11 Å². The first-order valence-corrected chi connectivity index (χ1v) is 5.96. The first kappa shape index (κ1) is 11.0. The SMILES string of the molecule is C=Cc1cc(C(=O)OC)cn2cc(C3CC3)nc12. The van der Waals surface area contributed by atoms with Crippen LogP contribution in [0, 0.1) is 0 Å². The van der Waals surface area contributed by atoms with Crippen molar-refractivity contribution in [1.82, 2.24) is 9.38 Å². The number of carbonyl (C=O) groups excluding carboxylic acids is 1. The Morgan fingerprint density at radius 1 is 1.56 bits per heavy atom. The van der Waals surface area contributed by atoms with E-state index in [-0.39, 0.29) is 5.97 Å². The van der Waals surface area contributed by atoms with Crippen molar-refractivity contribution in [2.24, 2.45) is 0 Å². The fourth-order valence-electron chi connectivity index (χ4n) is 2.10. The monoisotopic (exact) mass is 242 g/mol. The Bertz CT molecular complexity index is 639. The molecular weight excluding hydrogens is 228 g/mol. The van der Waals surface area contributed by atoms with E-state index in [1.807, 2.05) is 10.6 Å². The molecule has 4 heteroatoms. The number of nitrogens with zero attached hydrogens (tertiary/aromatic N) is 2. The van der Waals surface area contributed by atoms with Crippen LogP contribution in [0.5, 0.6) is 0 Å². The number of imidazole rings is 1. The average Bonchev–Trinajstić information content (AvgIpc) is 3.16. The second-order valence-electron chi connectivity index (χ2n) is 4.55. The molecule has 1 aliphatic rings. The van der Waals surface area contributed by atoms with Gasteiger partial charge in [0.1, 0.15) is 5.65 Å². The zero-order valence-electron chi connectivity index (χ0n) is 10.2. The summed E-state index contributed by atoms with van der Waals surface area (Å²) >= 11 is 0. The normalized spacial score (nSPS) is 14.7. The molecule has 0 unspecified atom stereocenters. The van der Waals surface area contributed by atoms with Crippen LogP contribution in [-0.2, 0) is 4.74 Å². The van der Waals surface area contributed by atoms with Gasteiger partial charge in [0.25, 0.3) is 0 Å². The van der Waals surface area contributed by atoms with Crippen LogP contribution in [-0.4, -0.2) is 22.5 Å². The number of methoxy groups -OCH3 is 1. The van der Waals surface area contributed by atoms with E-state index in [9.17, 15) is 4.79 Å². The summed E-state index contributed by atoms with van der Waals surface area (Å²) in [6.45, 7) is 3.77. The summed E-state index contributed by atoms with van der Waals surface area (Å²) in [6, 6.07) is 1.76. The molecule has 0 bridgehead atoms. The molecule has 4 nitrogen and oxygen atoms in total. The fraction of sp³-hybridized carbons (Fsp3) is 0.286. The van der Waals surface area contributed by atoms with Gasteiger partial charge in [0.15, 0.2) is 0 Å². The third kappa shape index (κ3) is 1.70. The molecule has 0 saturated heterocycles. The smallest absolute Gasteiger partial charge is 0.339 e. The van der Waals surface area contributed by atoms with E-state index in [4.69, 9.17) is 4.74 Å². The van der Waals surface area contributed by atoms with Gasteiger partial charge in [-0.1, -0.05) is 12.7 Å². The van der Waals surface area contributed by atoms with E-state index in [1.165, 1.54) is 20.0 Å². The van der Waals surface area contributed by atoms with E-state index >= 15 is 0 Å². The molecule has 0 atom stereocenters. The van der Waals surface area contributed by atoms with Crippen LogP contribution < -0.4 is 0 Å². The standard InChI is InChI=1S/C14H14N2O2/c1-3-9-6-11(14(17)18-2)7-16-8-12(10-4-5-10)15-13(9)16/h3,6-8,10H,1,4-5H2,2H3. The van der Waals surface area contributed by atoms with Gasteiger partial charge in [-0.05, 0) is 18.9 Å². The second-order valence-corrected chi connectivity index (χ2v) is 4.55. The summed E-state index contributed by atoms with van der Waals surface area (Å²) < 4.78 is 6.63. The fourth-order valence-corrected chi connectivity index (χ4v) is 2.10. The number of hydrogen-bond donors (Lipinski definition) is 0. The number of esters is 1. The number of rotatable bonds is 3. The lowest BCUT2D eigenvalue weighted by atomic mass is 10.2. The van der Waals surface area contributed by atoms with Crippen LogP contribution in [0.3, 0.4) is 0 Å². The number of hydrogen-bond acceptors (Lipinski definition) is 3. The molecule has 2 aromatic rings. The predicted molar refractivity (Wildman–Crippen MR) is 68.6 cm³/mol. The summed E-state index contributed by atoms with van der Waals surface area (Å²) in [6.07, 6.45) is 7.87. The summed E-state index contributed by atoms with van der Waals surface area (Å²) in [5.74, 6) is 0.241. The Hall–Kier alpha value is -2.10. The predicted octanol–water partition coefficient (Wildman–Crippen LogP) is 2.64. The number of aromatic nitrogens is 2. The van der Waals surface area contributed by atoms with Gasteiger partial charge in [-0.25, -0.2) is 9.78 Å². The highest BCUT2D eigenvalue weighted by molar-refractivity contribution is 5.90. The molecule has 0 amide bonds. The van der Waals surface area contributed by atoms with Gasteiger partial charge in [0, 0.05) is 23.9 Å². The maximum absolute atomic E-state index is 11.6. The van der Waals surface area contributed by atoms with Gasteiger partial charge in [-0.15, -0.1) is 0 Å². The van der Waals surface area contributed by atoms with Crippen LogP contribution >= 0.6 is 0 Å². The molecule has 0 spiro atoms. The third-order valence-electron chi connectivity index (χ3n) is 3.23. The molecule has 1 fully saturated rings. The Morgan fingerprint density at radius 2 is 2.33 bits per heavy atom. The zero-order chi connectivity index (χ0) is 12.7. The van der Waals surface area contributed by atoms with Crippen molar-refractivity contribution in [3.05, 3.63) is 41.9 Å². The Morgan fingerprint density at radius 3 is 2.94 bits per heavy atom. The van der Waals surface area contributed by atoms with Crippen molar-refractivity contribution >= 4 is 17.7 Å². The van der Waals surface area contributed by atoms with Crippen LogP contribution in [0.4, 0.5) is 0 Å². The summed E-state index contributed by atoms with van der Waals surface area (Å²) in [5.41, 5.74) is 3.31. The van der Waals surface area contributed by atoms with Crippen molar-refractivity contribution in [1.29, 1.82) is 0 Å². The maximum Gasteiger partial charge on any atom is 0.339 e. The second kappa shape index (κ2) is 3.98. The number of carbonyl (C=O) groups is 1. The van der Waals surface area contributed by atoms with Crippen molar-refractivity contribution in [3.63, 3.8) is 0 Å². The Balaban J connectivity index is 2.18. The lowest BCUT2D eigenvalue weighted by molar-refractivity contribution is 0.0600. The van der Waals surface area contributed by atoms with Gasteiger partial charge in [0.2, 0.25) is 0 Å². The quantitative estimate of drug-likeness (QED) is 0.777. The molecule has 1 saturated carbocycles. The van der Waals surface area contributed by atoms with Crippen molar-refractivity contribution in [2.45, 2.75) is 18.8 Å². The van der Waals surface area contributed by atoms with Gasteiger partial charge in [-0.3, -0.25) is 0 Å². The highest BCUT2D eigenvalue weighted by Crippen LogP contribution is 2.39. The lowest BCUT2D eigenvalue weighted by Gasteiger charge is -2.03. The number of ether oxygens (including phenoxy) is 1. The maximum atomic E-state index is 11.6. The van der Waals surface area contributed by atoms with E-state index in [1.54, 1.807) is 18.3 Å². The largest absolute Gasteiger partial charge is 0.465 e. The number of fused-ring (bicyclic) bond motifs is 1. The molecule has 92 valence electrons. The highest BCUT2D eigenvalue weighted by atomic mass is 16.5. The third-order valence-corrected chi connectivity index (χ3v) is 3.23. The molecule has 0 aliphatic heterocycles. The van der Waals surface area contributed by atoms with E-state index < -0.39 is 0 Å². The van der Waals surface area contributed by atoms with Crippen LogP contribution in [0.1, 0.15) is 40.4 Å². The Kier molecular flexibility index (Phi) is 2.44. The first-order chi connectivity index (χ1) is 8.72. The molecule has 3 rings (SSSR count). The molecular formula is C14H14N2O2. The van der Waals surface area contributed by atoms with Gasteiger partial charge in [-0.2, -0.15) is 0 Å². The average molecular weight is 242 g/mol. The molecule has 18 heavy (non-hydrogen) atoms. The van der Waals surface area contributed by atoms with Crippen LogP contribution in [0.15, 0.2) is 25.0 Å². The van der Waals surface area contributed by atoms with E-state index in [0.29, 0.717) is 11.5 Å². The molecule has 0 aromatic carbocycles. The molecule has 0 radical (unpaired) electrons. The number of pyridine rings is 1. The minimum absolute atomic E-state index is 0.346. The lowest BCUT2D eigenvalue weighted by Crippen LogP contribution is -2.03. The van der Waals surface area contributed by atoms with Crippen molar-refractivity contribution < 1.29 is 9.53 Å². The molecule has 1 aliphatic carbocycles. The zero-order valence-corrected chi connectivity index (χ0v) is 10.2. The van der Waals surface area contributed by atoms with Crippen molar-refractivity contribution in [3.8, 4) is 0 Å². The van der Waals surface area contributed by atoms with Crippen LogP contribution in [0.25, 0.3) is 11.7 Å². The minimum Gasteiger partial charge on any atom is -0.465 e. The molecule has 2 aromatic heterocycles. The molecule has 0 N–H and O–H groups in total. The summed E-state index contributed by atoms with van der Waals surface area (Å²) in [7, 11) is 1.38. The first-order valence-electron chi connectivity index (χ1n) is 5.96. The van der Waals surface area contributed by atoms with E-state index in [0.717, 1.165) is 16.9 Å². The minimum atomic E-state index is -0.346.